The summed E-state index contributed by atoms with van der Waals surface area (Å²) in [6, 6.07) is 0.0908. The van der Waals surface area contributed by atoms with Gasteiger partial charge < -0.3 is 4.90 Å². The van der Waals surface area contributed by atoms with Crippen LogP contribution in [0.4, 0.5) is 0 Å². The summed E-state index contributed by atoms with van der Waals surface area (Å²) in [5.74, 6) is 0.435. The molecular weight excluding hydrogens is 286 g/mol. The van der Waals surface area contributed by atoms with Crippen molar-refractivity contribution in [1.29, 1.82) is 0 Å². The molecule has 1 aliphatic carbocycles. The lowest BCUT2D eigenvalue weighted by atomic mass is 9.88. The number of aryl methyl sites for hydroxylation is 1. The molecule has 2 fully saturated rings. The number of hydrogen-bond donors (Lipinski definition) is 0. The molecule has 2 aliphatic rings. The Bertz CT molecular complexity index is 543. The van der Waals surface area contributed by atoms with Crippen LogP contribution < -0.4 is 0 Å². The SMILES string of the molecule is CCc1nnsc1C(=O)N1CCCCC1C1CCCC1=O. The molecule has 1 aliphatic heterocycles. The second-order valence-electron chi connectivity index (χ2n) is 5.93. The summed E-state index contributed by atoms with van der Waals surface area (Å²) in [6.07, 6.45) is 6.41. The standard InChI is InChI=1S/C15H21N3O2S/c1-2-11-14(21-17-16-11)15(20)18-9-4-3-7-12(18)10-6-5-8-13(10)19/h10,12H,2-9H2,1H3. The Morgan fingerprint density at radius 1 is 1.33 bits per heavy atom. The number of piperidine rings is 1. The van der Waals surface area contributed by atoms with Crippen molar-refractivity contribution < 1.29 is 9.59 Å². The Labute approximate surface area is 128 Å². The van der Waals surface area contributed by atoms with Gasteiger partial charge >= 0.3 is 0 Å². The average molecular weight is 307 g/mol. The lowest BCUT2D eigenvalue weighted by Gasteiger charge is -2.38. The molecule has 21 heavy (non-hydrogen) atoms. The van der Waals surface area contributed by atoms with Crippen LogP contribution in [0.1, 0.15) is 60.8 Å². The number of carbonyl (C=O) groups excluding carboxylic acids is 2. The maximum Gasteiger partial charge on any atom is 0.267 e. The number of Topliss-reactive ketones (excluding diaryl/α,β-unsaturated/α-hetero) is 1. The summed E-state index contributed by atoms with van der Waals surface area (Å²) in [6.45, 7) is 2.75. The van der Waals surface area contributed by atoms with E-state index in [1.54, 1.807) is 0 Å². The van der Waals surface area contributed by atoms with Crippen molar-refractivity contribution >= 4 is 23.2 Å². The Balaban J connectivity index is 1.84. The Morgan fingerprint density at radius 2 is 2.19 bits per heavy atom. The van der Waals surface area contributed by atoms with Crippen LogP contribution in [0.2, 0.25) is 0 Å². The van der Waals surface area contributed by atoms with E-state index in [0.29, 0.717) is 17.1 Å². The van der Waals surface area contributed by atoms with E-state index in [0.717, 1.165) is 50.8 Å². The third kappa shape index (κ3) is 2.73. The van der Waals surface area contributed by atoms with Crippen LogP contribution in [0.25, 0.3) is 0 Å². The number of hydrogen-bond acceptors (Lipinski definition) is 5. The maximum absolute atomic E-state index is 12.9. The van der Waals surface area contributed by atoms with Crippen molar-refractivity contribution in [2.45, 2.75) is 57.9 Å². The molecule has 2 unspecified atom stereocenters. The molecule has 5 nitrogen and oxygen atoms in total. The average Bonchev–Trinajstić information content (AvgIpc) is 3.14. The van der Waals surface area contributed by atoms with Gasteiger partial charge in [-0.25, -0.2) is 0 Å². The van der Waals surface area contributed by atoms with Gasteiger partial charge in [-0.3, -0.25) is 9.59 Å². The molecule has 2 atom stereocenters. The highest BCUT2D eigenvalue weighted by atomic mass is 32.1. The summed E-state index contributed by atoms with van der Waals surface area (Å²) in [7, 11) is 0. The quantitative estimate of drug-likeness (QED) is 0.860. The monoisotopic (exact) mass is 307 g/mol. The van der Waals surface area contributed by atoms with E-state index in [1.807, 2.05) is 11.8 Å². The van der Waals surface area contributed by atoms with Gasteiger partial charge in [-0.05, 0) is 50.1 Å². The van der Waals surface area contributed by atoms with Gasteiger partial charge in [0.15, 0.2) is 0 Å². The highest BCUT2D eigenvalue weighted by Gasteiger charge is 2.39. The first kappa shape index (κ1) is 14.6. The fourth-order valence-electron chi connectivity index (χ4n) is 3.61. The first-order valence-corrected chi connectivity index (χ1v) is 8.64. The maximum atomic E-state index is 12.9. The van der Waals surface area contributed by atoms with Crippen LogP contribution in [0.3, 0.4) is 0 Å². The third-order valence-electron chi connectivity index (χ3n) is 4.71. The normalized spacial score (nSPS) is 26.3. The molecule has 0 aromatic carbocycles. The summed E-state index contributed by atoms with van der Waals surface area (Å²) >= 11 is 1.18. The molecule has 1 saturated carbocycles. The van der Waals surface area contributed by atoms with Crippen molar-refractivity contribution in [3.63, 3.8) is 0 Å². The molecule has 114 valence electrons. The first-order valence-electron chi connectivity index (χ1n) is 7.87. The molecule has 0 bridgehead atoms. The minimum atomic E-state index is 0.0336. The molecule has 0 radical (unpaired) electrons. The molecule has 0 spiro atoms. The fraction of sp³-hybridized carbons (Fsp3) is 0.733. The second kappa shape index (κ2) is 6.22. The van der Waals surface area contributed by atoms with E-state index >= 15 is 0 Å². The van der Waals surface area contributed by atoms with Gasteiger partial charge in [0.05, 0.1) is 5.69 Å². The molecule has 1 amide bonds. The van der Waals surface area contributed by atoms with E-state index in [2.05, 4.69) is 9.59 Å². The number of aromatic nitrogens is 2. The molecule has 1 aromatic rings. The van der Waals surface area contributed by atoms with E-state index in [4.69, 9.17) is 0 Å². The summed E-state index contributed by atoms with van der Waals surface area (Å²) in [5, 5.41) is 4.04. The highest BCUT2D eigenvalue weighted by molar-refractivity contribution is 7.08. The molecule has 6 heteroatoms. The minimum Gasteiger partial charge on any atom is -0.334 e. The van der Waals surface area contributed by atoms with Crippen LogP contribution >= 0.6 is 11.5 Å². The van der Waals surface area contributed by atoms with Crippen molar-refractivity contribution in [1.82, 2.24) is 14.5 Å². The van der Waals surface area contributed by atoms with E-state index in [1.165, 1.54) is 11.5 Å². The second-order valence-corrected chi connectivity index (χ2v) is 6.68. The molecule has 1 aromatic heterocycles. The van der Waals surface area contributed by atoms with Crippen LogP contribution in [0, 0.1) is 5.92 Å². The lowest BCUT2D eigenvalue weighted by molar-refractivity contribution is -0.122. The molecule has 3 rings (SSSR count). The van der Waals surface area contributed by atoms with Crippen LogP contribution in [0.5, 0.6) is 0 Å². The van der Waals surface area contributed by atoms with Gasteiger partial charge in [0.2, 0.25) is 0 Å². The zero-order valence-electron chi connectivity index (χ0n) is 12.4. The van der Waals surface area contributed by atoms with Gasteiger partial charge in [-0.1, -0.05) is 11.4 Å². The van der Waals surface area contributed by atoms with Crippen molar-refractivity contribution in [3.05, 3.63) is 10.6 Å². The number of ketones is 1. The van der Waals surface area contributed by atoms with Crippen LogP contribution in [-0.2, 0) is 11.2 Å². The van der Waals surface area contributed by atoms with E-state index in [9.17, 15) is 9.59 Å². The van der Waals surface area contributed by atoms with Crippen molar-refractivity contribution in [2.24, 2.45) is 5.92 Å². The molecular formula is C15H21N3O2S. The zero-order valence-corrected chi connectivity index (χ0v) is 13.2. The number of carbonyl (C=O) groups is 2. The smallest absolute Gasteiger partial charge is 0.267 e. The Morgan fingerprint density at radius 3 is 2.90 bits per heavy atom. The first-order chi connectivity index (χ1) is 10.2. The summed E-state index contributed by atoms with van der Waals surface area (Å²) in [5.41, 5.74) is 0.784. The van der Waals surface area contributed by atoms with Gasteiger partial charge in [0.1, 0.15) is 10.7 Å². The number of nitrogens with zero attached hydrogens (tertiary/aromatic N) is 3. The minimum absolute atomic E-state index is 0.0336. The van der Waals surface area contributed by atoms with Crippen molar-refractivity contribution in [2.75, 3.05) is 6.54 Å². The lowest BCUT2D eigenvalue weighted by Crippen LogP contribution is -2.48. The highest BCUT2D eigenvalue weighted by Crippen LogP contribution is 2.34. The van der Waals surface area contributed by atoms with Gasteiger partial charge in [0.25, 0.3) is 5.91 Å². The fourth-order valence-corrected chi connectivity index (χ4v) is 4.32. The Kier molecular flexibility index (Phi) is 4.33. The topological polar surface area (TPSA) is 63.2 Å². The summed E-state index contributed by atoms with van der Waals surface area (Å²) in [4.78, 5) is 27.5. The number of amides is 1. The van der Waals surface area contributed by atoms with Gasteiger partial charge in [-0.2, -0.15) is 0 Å². The van der Waals surface area contributed by atoms with Crippen LogP contribution in [-0.4, -0.2) is 38.8 Å². The largest absolute Gasteiger partial charge is 0.334 e. The van der Waals surface area contributed by atoms with E-state index < -0.39 is 0 Å². The zero-order chi connectivity index (χ0) is 14.8. The van der Waals surface area contributed by atoms with E-state index in [-0.39, 0.29) is 17.9 Å². The van der Waals surface area contributed by atoms with Gasteiger partial charge in [0, 0.05) is 24.9 Å². The molecule has 2 heterocycles. The predicted octanol–water partition coefficient (Wildman–Crippen LogP) is 2.46. The molecule has 0 N–H and O–H groups in total. The third-order valence-corrected chi connectivity index (χ3v) is 5.47. The van der Waals surface area contributed by atoms with Gasteiger partial charge in [-0.15, -0.1) is 5.10 Å². The number of rotatable bonds is 3. The van der Waals surface area contributed by atoms with Crippen LogP contribution in [0.15, 0.2) is 0 Å². The van der Waals surface area contributed by atoms with Crippen molar-refractivity contribution in [3.8, 4) is 0 Å². The Hall–Kier alpha value is -1.30. The molecule has 1 saturated heterocycles. The predicted molar refractivity (Wildman–Crippen MR) is 80.3 cm³/mol. The summed E-state index contributed by atoms with van der Waals surface area (Å²) < 4.78 is 3.92. The number of likely N-dealkylation sites (tertiary alicyclic amines) is 1.